The Kier molecular flexibility index (Phi) is 3.54. The maximum absolute atomic E-state index is 12.3. The van der Waals surface area contributed by atoms with Crippen molar-refractivity contribution >= 4 is 39.1 Å². The van der Waals surface area contributed by atoms with Gasteiger partial charge in [-0.15, -0.1) is 0 Å². The molecule has 0 spiro atoms. The van der Waals surface area contributed by atoms with Gasteiger partial charge in [0.05, 0.1) is 5.56 Å². The molecule has 0 aromatic heterocycles. The van der Waals surface area contributed by atoms with Gasteiger partial charge < -0.3 is 14.8 Å². The lowest BCUT2D eigenvalue weighted by Gasteiger charge is -2.08. The Hall–Kier alpha value is -1.72. The first-order valence-electron chi connectivity index (χ1n) is 5.79. The highest BCUT2D eigenvalue weighted by molar-refractivity contribution is 9.10. The smallest absolute Gasteiger partial charge is 0.256 e. The van der Waals surface area contributed by atoms with Crippen LogP contribution in [0.15, 0.2) is 40.9 Å². The summed E-state index contributed by atoms with van der Waals surface area (Å²) in [5, 5.41) is 3.34. The highest BCUT2D eigenvalue weighted by Crippen LogP contribution is 2.37. The van der Waals surface area contributed by atoms with Crippen LogP contribution >= 0.6 is 27.5 Å². The number of amides is 1. The van der Waals surface area contributed by atoms with Crippen LogP contribution in [0.1, 0.15) is 10.4 Å². The van der Waals surface area contributed by atoms with Crippen molar-refractivity contribution in [2.75, 3.05) is 12.1 Å². The molecule has 0 unspecified atom stereocenters. The van der Waals surface area contributed by atoms with Gasteiger partial charge in [0, 0.05) is 15.2 Å². The minimum Gasteiger partial charge on any atom is -0.454 e. The second-order valence-electron chi connectivity index (χ2n) is 4.15. The number of carbonyl (C=O) groups excluding carboxylic acids is 1. The average Bonchev–Trinajstić information content (AvgIpc) is 2.84. The highest BCUT2D eigenvalue weighted by atomic mass is 79.9. The molecule has 1 heterocycles. The second kappa shape index (κ2) is 5.34. The Balaban J connectivity index is 1.87. The van der Waals surface area contributed by atoms with Gasteiger partial charge in [-0.05, 0) is 46.3 Å². The van der Waals surface area contributed by atoms with Crippen molar-refractivity contribution in [1.82, 2.24) is 0 Å². The van der Waals surface area contributed by atoms with Crippen LogP contribution in [0.2, 0.25) is 5.02 Å². The number of ether oxygens (including phenoxy) is 2. The molecule has 1 amide bonds. The molecule has 20 heavy (non-hydrogen) atoms. The summed E-state index contributed by atoms with van der Waals surface area (Å²) < 4.78 is 11.2. The number of hydrogen-bond acceptors (Lipinski definition) is 3. The number of benzene rings is 2. The first-order valence-corrected chi connectivity index (χ1v) is 6.96. The van der Waals surface area contributed by atoms with E-state index in [0.717, 1.165) is 0 Å². The molecule has 2 aromatic rings. The van der Waals surface area contributed by atoms with Crippen LogP contribution < -0.4 is 14.8 Å². The van der Waals surface area contributed by atoms with Crippen molar-refractivity contribution in [2.45, 2.75) is 0 Å². The molecule has 1 N–H and O–H groups in total. The van der Waals surface area contributed by atoms with E-state index in [4.69, 9.17) is 21.1 Å². The van der Waals surface area contributed by atoms with Crippen LogP contribution in [0.5, 0.6) is 11.5 Å². The summed E-state index contributed by atoms with van der Waals surface area (Å²) in [4.78, 5) is 12.3. The molecular weight excluding hydrogens is 346 g/mol. The molecule has 1 aliphatic heterocycles. The lowest BCUT2D eigenvalue weighted by atomic mass is 10.2. The van der Waals surface area contributed by atoms with Gasteiger partial charge in [-0.25, -0.2) is 0 Å². The number of anilines is 1. The number of carbonyl (C=O) groups is 1. The number of halogens is 2. The summed E-state index contributed by atoms with van der Waals surface area (Å²) in [5.41, 5.74) is 1.10. The predicted molar refractivity (Wildman–Crippen MR) is 79.7 cm³/mol. The van der Waals surface area contributed by atoms with Crippen LogP contribution in [0.4, 0.5) is 5.69 Å². The van der Waals surface area contributed by atoms with E-state index in [0.29, 0.717) is 32.2 Å². The van der Waals surface area contributed by atoms with Gasteiger partial charge in [0.2, 0.25) is 6.79 Å². The van der Waals surface area contributed by atoms with Crippen LogP contribution in [-0.2, 0) is 0 Å². The average molecular weight is 355 g/mol. The molecule has 0 saturated carbocycles. The first-order chi connectivity index (χ1) is 9.63. The molecule has 0 saturated heterocycles. The number of rotatable bonds is 2. The lowest BCUT2D eigenvalue weighted by molar-refractivity contribution is 0.102. The van der Waals surface area contributed by atoms with Gasteiger partial charge in [-0.2, -0.15) is 0 Å². The SMILES string of the molecule is O=C(Nc1cccc(Cl)c1)c1cc2c(cc1Br)OCO2. The van der Waals surface area contributed by atoms with E-state index in [1.807, 2.05) is 0 Å². The summed E-state index contributed by atoms with van der Waals surface area (Å²) >= 11 is 9.24. The summed E-state index contributed by atoms with van der Waals surface area (Å²) in [6.07, 6.45) is 0. The predicted octanol–water partition coefficient (Wildman–Crippen LogP) is 4.08. The molecule has 1 aliphatic rings. The van der Waals surface area contributed by atoms with Crippen LogP contribution in [0, 0.1) is 0 Å². The van der Waals surface area contributed by atoms with E-state index in [1.165, 1.54) is 0 Å². The van der Waals surface area contributed by atoms with Crippen LogP contribution in [0.25, 0.3) is 0 Å². The van der Waals surface area contributed by atoms with Gasteiger partial charge >= 0.3 is 0 Å². The Morgan fingerprint density at radius 1 is 1.20 bits per heavy atom. The third kappa shape index (κ3) is 2.59. The van der Waals surface area contributed by atoms with E-state index >= 15 is 0 Å². The Morgan fingerprint density at radius 3 is 2.70 bits per heavy atom. The van der Waals surface area contributed by atoms with E-state index in [2.05, 4.69) is 21.2 Å². The Bertz CT molecular complexity index is 690. The quantitative estimate of drug-likeness (QED) is 0.884. The van der Waals surface area contributed by atoms with Crippen molar-refractivity contribution < 1.29 is 14.3 Å². The maximum atomic E-state index is 12.3. The Labute approximate surface area is 128 Å². The van der Waals surface area contributed by atoms with Gasteiger partial charge in [-0.1, -0.05) is 17.7 Å². The van der Waals surface area contributed by atoms with Crippen LogP contribution in [0.3, 0.4) is 0 Å². The van der Waals surface area contributed by atoms with Gasteiger partial charge in [0.15, 0.2) is 11.5 Å². The minimum absolute atomic E-state index is 0.168. The van der Waals surface area contributed by atoms with E-state index < -0.39 is 0 Å². The molecule has 0 atom stereocenters. The molecular formula is C14H9BrClNO3. The van der Waals surface area contributed by atoms with E-state index in [9.17, 15) is 4.79 Å². The first kappa shape index (κ1) is 13.3. The molecule has 102 valence electrons. The Morgan fingerprint density at radius 2 is 1.95 bits per heavy atom. The monoisotopic (exact) mass is 353 g/mol. The summed E-state index contributed by atoms with van der Waals surface area (Å²) in [5.74, 6) is 0.929. The molecule has 3 rings (SSSR count). The molecule has 0 bridgehead atoms. The van der Waals surface area contributed by atoms with Crippen molar-refractivity contribution in [1.29, 1.82) is 0 Å². The summed E-state index contributed by atoms with van der Waals surface area (Å²) in [6.45, 7) is 0.168. The maximum Gasteiger partial charge on any atom is 0.256 e. The number of nitrogens with one attached hydrogen (secondary N) is 1. The van der Waals surface area contributed by atoms with Gasteiger partial charge in [0.25, 0.3) is 5.91 Å². The van der Waals surface area contributed by atoms with Gasteiger partial charge in [0.1, 0.15) is 0 Å². The normalized spacial score (nSPS) is 12.3. The number of fused-ring (bicyclic) bond motifs is 1. The highest BCUT2D eigenvalue weighted by Gasteiger charge is 2.19. The topological polar surface area (TPSA) is 47.6 Å². The van der Waals surface area contributed by atoms with Crippen molar-refractivity contribution in [3.05, 3.63) is 51.5 Å². The molecule has 2 aromatic carbocycles. The lowest BCUT2D eigenvalue weighted by Crippen LogP contribution is -2.12. The standard InChI is InChI=1S/C14H9BrClNO3/c15-11-6-13-12(19-7-20-13)5-10(11)14(18)17-9-3-1-2-8(16)4-9/h1-6H,7H2,(H,17,18). The van der Waals surface area contributed by atoms with E-state index in [-0.39, 0.29) is 12.7 Å². The summed E-state index contributed by atoms with van der Waals surface area (Å²) in [7, 11) is 0. The molecule has 0 radical (unpaired) electrons. The second-order valence-corrected chi connectivity index (χ2v) is 5.44. The van der Waals surface area contributed by atoms with Gasteiger partial charge in [-0.3, -0.25) is 4.79 Å². The molecule has 0 fully saturated rings. The van der Waals surface area contributed by atoms with Crippen molar-refractivity contribution in [3.63, 3.8) is 0 Å². The van der Waals surface area contributed by atoms with Crippen molar-refractivity contribution in [3.8, 4) is 11.5 Å². The molecule has 4 nitrogen and oxygen atoms in total. The molecule has 0 aliphatic carbocycles. The van der Waals surface area contributed by atoms with Crippen LogP contribution in [-0.4, -0.2) is 12.7 Å². The van der Waals surface area contributed by atoms with E-state index in [1.54, 1.807) is 36.4 Å². The molecule has 6 heteroatoms. The third-order valence-electron chi connectivity index (χ3n) is 2.79. The zero-order chi connectivity index (χ0) is 14.1. The fourth-order valence-corrected chi connectivity index (χ4v) is 2.55. The summed E-state index contributed by atoms with van der Waals surface area (Å²) in [6, 6.07) is 10.3. The fourth-order valence-electron chi connectivity index (χ4n) is 1.86. The fraction of sp³-hybridized carbons (Fsp3) is 0.0714. The zero-order valence-electron chi connectivity index (χ0n) is 10.2. The minimum atomic E-state index is -0.252. The van der Waals surface area contributed by atoms with Crippen molar-refractivity contribution in [2.24, 2.45) is 0 Å². The number of hydrogen-bond donors (Lipinski definition) is 1. The largest absolute Gasteiger partial charge is 0.454 e. The zero-order valence-corrected chi connectivity index (χ0v) is 12.5. The third-order valence-corrected chi connectivity index (χ3v) is 3.68.